The second kappa shape index (κ2) is 9.84. The van der Waals surface area contributed by atoms with Crippen LogP contribution >= 0.6 is 0 Å². The topological polar surface area (TPSA) is 116 Å². The minimum Gasteiger partial charge on any atom is -0.497 e. The predicted octanol–water partition coefficient (Wildman–Crippen LogP) is 2.31. The molecule has 34 heavy (non-hydrogen) atoms. The van der Waals surface area contributed by atoms with Gasteiger partial charge in [0.15, 0.2) is 14.6 Å². The Hall–Kier alpha value is -3.40. The average Bonchev–Trinajstić information content (AvgIpc) is 2.86. The molecule has 9 nitrogen and oxygen atoms in total. The summed E-state index contributed by atoms with van der Waals surface area (Å²) in [4.78, 5) is 39.6. The molecule has 0 spiro atoms. The molecule has 1 aliphatic rings. The van der Waals surface area contributed by atoms with Gasteiger partial charge in [0.2, 0.25) is 0 Å². The van der Waals surface area contributed by atoms with E-state index in [9.17, 15) is 22.8 Å². The Bertz CT molecular complexity index is 1160. The van der Waals surface area contributed by atoms with Crippen molar-refractivity contribution in [2.75, 3.05) is 32.0 Å². The maximum atomic E-state index is 13.8. The first kappa shape index (κ1) is 25.2. The van der Waals surface area contributed by atoms with E-state index < -0.39 is 56.6 Å². The lowest BCUT2D eigenvalue weighted by atomic mass is 9.73. The van der Waals surface area contributed by atoms with E-state index >= 15 is 0 Å². The average molecular weight is 490 g/mol. The largest absolute Gasteiger partial charge is 0.497 e. The monoisotopic (exact) mass is 489 g/mol. The van der Waals surface area contributed by atoms with Gasteiger partial charge in [-0.25, -0.2) is 8.42 Å². The molecular weight excluding hydrogens is 462 g/mol. The molecule has 1 heterocycles. The quantitative estimate of drug-likeness (QED) is 0.389. The van der Waals surface area contributed by atoms with Crippen molar-refractivity contribution >= 4 is 33.4 Å². The number of hydrogen-bond acceptors (Lipinski definition) is 8. The van der Waals surface area contributed by atoms with Crippen molar-refractivity contribution in [3.63, 3.8) is 0 Å². The molecule has 0 saturated carbocycles. The molecule has 0 aromatic heterocycles. The number of carbonyl (C=O) groups excluding carboxylic acids is 3. The zero-order valence-electron chi connectivity index (χ0n) is 19.4. The summed E-state index contributed by atoms with van der Waals surface area (Å²) < 4.78 is 40.1. The lowest BCUT2D eigenvalue weighted by Gasteiger charge is -2.56. The summed E-state index contributed by atoms with van der Waals surface area (Å²) in [5.41, 5.74) is 0.964. The van der Waals surface area contributed by atoms with Crippen LogP contribution in [0.3, 0.4) is 0 Å². The number of methoxy groups -OCH3 is 3. The van der Waals surface area contributed by atoms with Gasteiger partial charge in [-0.3, -0.25) is 14.4 Å². The van der Waals surface area contributed by atoms with Crippen molar-refractivity contribution in [3.05, 3.63) is 60.2 Å². The predicted molar refractivity (Wildman–Crippen MR) is 124 cm³/mol. The highest BCUT2D eigenvalue weighted by Gasteiger charge is 2.73. The lowest BCUT2D eigenvalue weighted by molar-refractivity contribution is -0.151. The summed E-state index contributed by atoms with van der Waals surface area (Å²) in [6.45, 7) is 1.36. The number of esters is 2. The van der Waals surface area contributed by atoms with Crippen LogP contribution in [-0.4, -0.2) is 58.1 Å². The van der Waals surface area contributed by atoms with Gasteiger partial charge in [-0.15, -0.1) is 0 Å². The highest BCUT2D eigenvalue weighted by molar-refractivity contribution is 7.93. The summed E-state index contributed by atoms with van der Waals surface area (Å²) in [7, 11) is -0.573. The van der Waals surface area contributed by atoms with Crippen molar-refractivity contribution in [2.45, 2.75) is 24.1 Å². The van der Waals surface area contributed by atoms with Crippen molar-refractivity contribution in [1.29, 1.82) is 0 Å². The maximum Gasteiger partial charge on any atom is 0.310 e. The number of β-lactam (4-membered cyclic amide) rings is 1. The SMILES string of the molecule is COC(=O)CCS(=O)(=O)C1(C(C)C(=O)OC)C(=O)N(c2ccc(OC)cc2)C1c1ccccc1. The molecule has 3 rings (SSSR count). The molecule has 1 fully saturated rings. The van der Waals surface area contributed by atoms with Gasteiger partial charge in [0.25, 0.3) is 5.91 Å². The molecule has 2 aromatic rings. The van der Waals surface area contributed by atoms with Crippen LogP contribution in [0.5, 0.6) is 5.75 Å². The highest BCUT2D eigenvalue weighted by Crippen LogP contribution is 2.55. The van der Waals surface area contributed by atoms with Crippen molar-refractivity contribution in [3.8, 4) is 5.75 Å². The molecule has 3 atom stereocenters. The minimum absolute atomic E-state index is 0.440. The van der Waals surface area contributed by atoms with Crippen LogP contribution < -0.4 is 9.64 Å². The number of ether oxygens (including phenoxy) is 3. The Balaban J connectivity index is 2.22. The van der Waals surface area contributed by atoms with E-state index in [1.807, 2.05) is 0 Å². The van der Waals surface area contributed by atoms with E-state index in [0.717, 1.165) is 14.2 Å². The number of sulfone groups is 1. The van der Waals surface area contributed by atoms with Crippen molar-refractivity contribution < 1.29 is 37.0 Å². The Morgan fingerprint density at radius 2 is 1.62 bits per heavy atom. The first-order chi connectivity index (χ1) is 16.1. The van der Waals surface area contributed by atoms with E-state index in [4.69, 9.17) is 9.47 Å². The van der Waals surface area contributed by atoms with Gasteiger partial charge in [0.1, 0.15) is 5.75 Å². The second-order valence-electron chi connectivity index (χ2n) is 7.87. The van der Waals surface area contributed by atoms with E-state index in [1.165, 1.54) is 18.9 Å². The second-order valence-corrected chi connectivity index (χ2v) is 10.2. The fraction of sp³-hybridized carbons (Fsp3) is 0.375. The van der Waals surface area contributed by atoms with Crippen LogP contribution in [0, 0.1) is 5.92 Å². The number of amides is 1. The fourth-order valence-corrected chi connectivity index (χ4v) is 6.78. The van der Waals surface area contributed by atoms with Crippen LogP contribution in [0.25, 0.3) is 0 Å². The van der Waals surface area contributed by atoms with E-state index in [-0.39, 0.29) is 0 Å². The van der Waals surface area contributed by atoms with Crippen LogP contribution in [0.4, 0.5) is 5.69 Å². The number of carbonyl (C=O) groups is 3. The van der Waals surface area contributed by atoms with E-state index in [0.29, 0.717) is 17.0 Å². The van der Waals surface area contributed by atoms with Gasteiger partial charge in [0, 0.05) is 5.69 Å². The zero-order valence-corrected chi connectivity index (χ0v) is 20.2. The highest BCUT2D eigenvalue weighted by atomic mass is 32.2. The van der Waals surface area contributed by atoms with Crippen LogP contribution in [0.15, 0.2) is 54.6 Å². The summed E-state index contributed by atoms with van der Waals surface area (Å²) in [5, 5.41) is 0. The molecule has 0 radical (unpaired) electrons. The Labute approximate surface area is 198 Å². The van der Waals surface area contributed by atoms with Crippen LogP contribution in [-0.2, 0) is 33.7 Å². The summed E-state index contributed by atoms with van der Waals surface area (Å²) in [5.74, 6) is -3.79. The standard InChI is InChI=1S/C24H27NO8S/c1-16(22(27)33-4)24(34(29,30)15-14-20(26)32-3)21(17-8-6-5-7-9-17)25(23(24)28)18-10-12-19(31-2)13-11-18/h5-13,16,21H,14-15H2,1-4H3. The molecule has 10 heteroatoms. The molecule has 0 N–H and O–H groups in total. The number of hydrogen-bond donors (Lipinski definition) is 0. The van der Waals surface area contributed by atoms with Gasteiger partial charge in [-0.2, -0.15) is 0 Å². The third-order valence-electron chi connectivity index (χ3n) is 6.20. The van der Waals surface area contributed by atoms with E-state index in [1.54, 1.807) is 54.6 Å². The lowest BCUT2D eigenvalue weighted by Crippen LogP contribution is -2.76. The van der Waals surface area contributed by atoms with Gasteiger partial charge in [-0.1, -0.05) is 30.3 Å². The normalized spacial score (nSPS) is 20.8. The van der Waals surface area contributed by atoms with Crippen LogP contribution in [0.1, 0.15) is 24.9 Å². The smallest absolute Gasteiger partial charge is 0.310 e. The Morgan fingerprint density at radius 3 is 2.15 bits per heavy atom. The third-order valence-corrected chi connectivity index (χ3v) is 8.72. The molecule has 1 aliphatic heterocycles. The molecule has 1 amide bonds. The minimum atomic E-state index is -4.36. The van der Waals surface area contributed by atoms with Gasteiger partial charge >= 0.3 is 11.9 Å². The number of benzene rings is 2. The first-order valence-corrected chi connectivity index (χ1v) is 12.2. The van der Waals surface area contributed by atoms with Crippen molar-refractivity contribution in [1.82, 2.24) is 0 Å². The number of anilines is 1. The van der Waals surface area contributed by atoms with Gasteiger partial charge < -0.3 is 19.1 Å². The Kier molecular flexibility index (Phi) is 7.30. The molecule has 3 unspecified atom stereocenters. The molecule has 182 valence electrons. The Morgan fingerprint density at radius 1 is 1.00 bits per heavy atom. The summed E-state index contributed by atoms with van der Waals surface area (Å²) in [6, 6.07) is 14.1. The van der Waals surface area contributed by atoms with Crippen LogP contribution in [0.2, 0.25) is 0 Å². The maximum absolute atomic E-state index is 13.8. The molecular formula is C24H27NO8S. The molecule has 0 bridgehead atoms. The van der Waals surface area contributed by atoms with Gasteiger partial charge in [0.05, 0.1) is 45.5 Å². The first-order valence-electron chi connectivity index (χ1n) is 10.5. The van der Waals surface area contributed by atoms with Crippen molar-refractivity contribution in [2.24, 2.45) is 5.92 Å². The van der Waals surface area contributed by atoms with E-state index in [2.05, 4.69) is 4.74 Å². The molecule has 0 aliphatic carbocycles. The zero-order chi connectivity index (χ0) is 25.1. The summed E-state index contributed by atoms with van der Waals surface area (Å²) in [6.07, 6.45) is -0.453. The fourth-order valence-electron chi connectivity index (χ4n) is 4.42. The number of rotatable bonds is 9. The molecule has 1 saturated heterocycles. The molecule has 2 aromatic carbocycles. The number of nitrogens with zero attached hydrogens (tertiary/aromatic N) is 1. The summed E-state index contributed by atoms with van der Waals surface area (Å²) >= 11 is 0. The third kappa shape index (κ3) is 4.02. The van der Waals surface area contributed by atoms with Gasteiger partial charge in [-0.05, 0) is 36.8 Å².